The smallest absolute Gasteiger partial charge is 0.310 e. The molecule has 114 valence electrons. The Labute approximate surface area is 120 Å². The highest BCUT2D eigenvalue weighted by Crippen LogP contribution is 2.34. The van der Waals surface area contributed by atoms with E-state index >= 15 is 0 Å². The number of hydrogen-bond donors (Lipinski definition) is 2. The Morgan fingerprint density at radius 3 is 2.57 bits per heavy atom. The summed E-state index contributed by atoms with van der Waals surface area (Å²) in [6.45, 7) is 0.322. The molecule has 0 aromatic heterocycles. The molecule has 1 fully saturated rings. The van der Waals surface area contributed by atoms with E-state index in [1.165, 1.54) is 24.1 Å². The number of sulfonamides is 1. The molecule has 1 saturated heterocycles. The Bertz CT molecular complexity index is 696. The largest absolute Gasteiger partial charge is 0.481 e. The number of carbonyl (C=O) groups is 1. The molecular formula is C11H13N3O6S. The molecule has 0 saturated carbocycles. The van der Waals surface area contributed by atoms with Crippen molar-refractivity contribution in [2.24, 2.45) is 5.92 Å². The average molecular weight is 315 g/mol. The molecule has 0 atom stereocenters. The summed E-state index contributed by atoms with van der Waals surface area (Å²) in [4.78, 5) is 22.5. The molecule has 1 aliphatic heterocycles. The number of carboxylic acids is 1. The molecule has 2 N–H and O–H groups in total. The first-order valence-electron chi connectivity index (χ1n) is 5.96. The zero-order valence-corrected chi connectivity index (χ0v) is 11.8. The van der Waals surface area contributed by atoms with Crippen molar-refractivity contribution in [2.75, 3.05) is 25.0 Å². The summed E-state index contributed by atoms with van der Waals surface area (Å²) in [6, 6.07) is 3.54. The molecule has 1 aromatic carbocycles. The molecule has 1 aromatic rings. The van der Waals surface area contributed by atoms with Crippen molar-refractivity contribution in [3.8, 4) is 0 Å². The minimum atomic E-state index is -3.78. The molecular weight excluding hydrogens is 302 g/mol. The highest BCUT2D eigenvalue weighted by atomic mass is 32.2. The van der Waals surface area contributed by atoms with Gasteiger partial charge in [-0.15, -0.1) is 0 Å². The number of aliphatic carboxylic acids is 1. The molecule has 0 radical (unpaired) electrons. The van der Waals surface area contributed by atoms with Gasteiger partial charge in [0.15, 0.2) is 0 Å². The van der Waals surface area contributed by atoms with Crippen molar-refractivity contribution in [1.29, 1.82) is 0 Å². The maximum Gasteiger partial charge on any atom is 0.310 e. The Kier molecular flexibility index (Phi) is 3.83. The standard InChI is InChI=1S/C11H13N3O6S/c1-12-21(19,20)8-2-3-9(10(4-8)14(17)18)13-5-7(6-13)11(15)16/h2-4,7,12H,5-6H2,1H3,(H,15,16). The van der Waals surface area contributed by atoms with E-state index in [1.807, 2.05) is 0 Å². The van der Waals surface area contributed by atoms with Crippen molar-refractivity contribution in [2.45, 2.75) is 4.90 Å². The van der Waals surface area contributed by atoms with Gasteiger partial charge in [0, 0.05) is 19.2 Å². The fourth-order valence-electron chi connectivity index (χ4n) is 2.03. The van der Waals surface area contributed by atoms with Gasteiger partial charge in [-0.3, -0.25) is 14.9 Å². The lowest BCUT2D eigenvalue weighted by molar-refractivity contribution is -0.384. The fourth-order valence-corrected chi connectivity index (χ4v) is 2.78. The number of benzene rings is 1. The molecule has 1 heterocycles. The van der Waals surface area contributed by atoms with E-state index in [2.05, 4.69) is 4.72 Å². The van der Waals surface area contributed by atoms with Gasteiger partial charge in [-0.1, -0.05) is 0 Å². The summed E-state index contributed by atoms with van der Waals surface area (Å²) < 4.78 is 25.4. The maximum atomic E-state index is 11.7. The maximum absolute atomic E-state index is 11.7. The van der Waals surface area contributed by atoms with Gasteiger partial charge in [0.1, 0.15) is 5.69 Å². The Morgan fingerprint density at radius 1 is 1.48 bits per heavy atom. The number of anilines is 1. The van der Waals surface area contributed by atoms with Crippen molar-refractivity contribution in [3.63, 3.8) is 0 Å². The van der Waals surface area contributed by atoms with E-state index in [9.17, 15) is 23.3 Å². The molecule has 0 unspecified atom stereocenters. The van der Waals surface area contributed by atoms with Gasteiger partial charge >= 0.3 is 5.97 Å². The number of nitro groups is 1. The number of nitrogens with zero attached hydrogens (tertiary/aromatic N) is 2. The van der Waals surface area contributed by atoms with Crippen LogP contribution in [0.3, 0.4) is 0 Å². The molecule has 0 aliphatic carbocycles. The molecule has 0 spiro atoms. The second-order valence-corrected chi connectivity index (χ2v) is 6.44. The number of nitro benzene ring substituents is 1. The van der Waals surface area contributed by atoms with Crippen LogP contribution in [0.25, 0.3) is 0 Å². The van der Waals surface area contributed by atoms with E-state index in [4.69, 9.17) is 5.11 Å². The van der Waals surface area contributed by atoms with Crippen LogP contribution in [0.5, 0.6) is 0 Å². The van der Waals surface area contributed by atoms with Crippen LogP contribution in [0.4, 0.5) is 11.4 Å². The SMILES string of the molecule is CNS(=O)(=O)c1ccc(N2CC(C(=O)O)C2)c([N+](=O)[O-])c1. The van der Waals surface area contributed by atoms with Crippen LogP contribution in [0.15, 0.2) is 23.1 Å². The van der Waals surface area contributed by atoms with Gasteiger partial charge in [0.2, 0.25) is 10.0 Å². The number of carboxylic acid groups (broad SMARTS) is 1. The minimum absolute atomic E-state index is 0.161. The summed E-state index contributed by atoms with van der Waals surface area (Å²) in [6.07, 6.45) is 0. The lowest BCUT2D eigenvalue weighted by atomic mass is 9.99. The lowest BCUT2D eigenvalue weighted by Crippen LogP contribution is -2.50. The van der Waals surface area contributed by atoms with Gasteiger partial charge in [-0.2, -0.15) is 0 Å². The van der Waals surface area contributed by atoms with E-state index in [1.54, 1.807) is 0 Å². The van der Waals surface area contributed by atoms with Crippen LogP contribution >= 0.6 is 0 Å². The van der Waals surface area contributed by atoms with Gasteiger partial charge in [-0.25, -0.2) is 13.1 Å². The third kappa shape index (κ3) is 2.81. The summed E-state index contributed by atoms with van der Waals surface area (Å²) in [5.74, 6) is -1.52. The molecule has 1 aliphatic rings. The third-order valence-corrected chi connectivity index (χ3v) is 4.71. The normalized spacial score (nSPS) is 15.6. The van der Waals surface area contributed by atoms with Gasteiger partial charge < -0.3 is 10.0 Å². The summed E-state index contributed by atoms with van der Waals surface area (Å²) >= 11 is 0. The predicted molar refractivity (Wildman–Crippen MR) is 72.7 cm³/mol. The van der Waals surface area contributed by atoms with E-state index < -0.39 is 26.8 Å². The Morgan fingerprint density at radius 2 is 2.10 bits per heavy atom. The van der Waals surface area contributed by atoms with Crippen molar-refractivity contribution < 1.29 is 23.2 Å². The monoisotopic (exact) mass is 315 g/mol. The minimum Gasteiger partial charge on any atom is -0.481 e. The zero-order chi connectivity index (χ0) is 15.8. The van der Waals surface area contributed by atoms with Crippen LogP contribution < -0.4 is 9.62 Å². The Hall–Kier alpha value is -2.20. The topological polar surface area (TPSA) is 130 Å². The van der Waals surface area contributed by atoms with Crippen LogP contribution in [-0.4, -0.2) is 44.6 Å². The number of nitrogens with one attached hydrogen (secondary N) is 1. The predicted octanol–water partition coefficient (Wildman–Crippen LogP) is 0.0237. The molecule has 10 heteroatoms. The summed E-state index contributed by atoms with van der Waals surface area (Å²) in [7, 11) is -2.57. The van der Waals surface area contributed by atoms with Gasteiger partial charge in [-0.05, 0) is 19.2 Å². The number of hydrogen-bond acceptors (Lipinski definition) is 6. The zero-order valence-electron chi connectivity index (χ0n) is 11.0. The van der Waals surface area contributed by atoms with Crippen LogP contribution in [-0.2, 0) is 14.8 Å². The van der Waals surface area contributed by atoms with E-state index in [0.717, 1.165) is 6.07 Å². The molecule has 21 heavy (non-hydrogen) atoms. The second-order valence-electron chi connectivity index (χ2n) is 4.56. The highest BCUT2D eigenvalue weighted by molar-refractivity contribution is 7.89. The third-order valence-electron chi connectivity index (χ3n) is 3.29. The molecule has 0 amide bonds. The molecule has 2 rings (SSSR count). The molecule has 9 nitrogen and oxygen atoms in total. The summed E-state index contributed by atoms with van der Waals surface area (Å²) in [5.41, 5.74) is -0.150. The van der Waals surface area contributed by atoms with Crippen molar-refractivity contribution >= 4 is 27.4 Å². The van der Waals surface area contributed by atoms with Crippen LogP contribution in [0, 0.1) is 16.0 Å². The quantitative estimate of drug-likeness (QED) is 0.578. The van der Waals surface area contributed by atoms with Crippen LogP contribution in [0.1, 0.15) is 0 Å². The van der Waals surface area contributed by atoms with Crippen molar-refractivity contribution in [1.82, 2.24) is 4.72 Å². The highest BCUT2D eigenvalue weighted by Gasteiger charge is 2.36. The van der Waals surface area contributed by atoms with Gasteiger partial charge in [0.25, 0.3) is 5.69 Å². The number of rotatable bonds is 5. The fraction of sp³-hybridized carbons (Fsp3) is 0.364. The second kappa shape index (κ2) is 5.30. The summed E-state index contributed by atoms with van der Waals surface area (Å²) in [5, 5.41) is 19.9. The first-order chi connectivity index (χ1) is 9.76. The first-order valence-corrected chi connectivity index (χ1v) is 7.44. The average Bonchev–Trinajstić information content (AvgIpc) is 2.36. The Balaban J connectivity index is 2.36. The van der Waals surface area contributed by atoms with Crippen molar-refractivity contribution in [3.05, 3.63) is 28.3 Å². The van der Waals surface area contributed by atoms with E-state index in [0.29, 0.717) is 0 Å². The van der Waals surface area contributed by atoms with Crippen LogP contribution in [0.2, 0.25) is 0 Å². The first kappa shape index (κ1) is 15.2. The van der Waals surface area contributed by atoms with E-state index in [-0.39, 0.29) is 29.4 Å². The van der Waals surface area contributed by atoms with Gasteiger partial charge in [0.05, 0.1) is 15.7 Å². The molecule has 0 bridgehead atoms. The lowest BCUT2D eigenvalue weighted by Gasteiger charge is -2.38.